The number of nitrogens with one attached hydrogen (secondary N) is 2. The van der Waals surface area contributed by atoms with Crippen LogP contribution in [0.3, 0.4) is 0 Å². The summed E-state index contributed by atoms with van der Waals surface area (Å²) in [6.07, 6.45) is 5.78. The van der Waals surface area contributed by atoms with Gasteiger partial charge in [-0.3, -0.25) is 9.59 Å². The molecule has 1 aliphatic carbocycles. The van der Waals surface area contributed by atoms with Crippen molar-refractivity contribution in [3.05, 3.63) is 54.1 Å². The zero-order valence-electron chi connectivity index (χ0n) is 17.5. The summed E-state index contributed by atoms with van der Waals surface area (Å²) in [4.78, 5) is 24.6. The molecular weight excluding hydrogens is 380 g/mol. The highest BCUT2D eigenvalue weighted by molar-refractivity contribution is 5.97. The third-order valence-electron chi connectivity index (χ3n) is 5.02. The van der Waals surface area contributed by atoms with Crippen molar-refractivity contribution < 1.29 is 19.1 Å². The predicted molar refractivity (Wildman–Crippen MR) is 117 cm³/mol. The standard InChI is InChI=1S/C24H30N2O4/c1-2-29-22-14-6-5-13-21(22)24(28)25-16-8-15-23(27)26-18-9-7-12-20(17-18)30-19-10-3-4-11-19/h5-7,9,12-14,17,19H,2-4,8,10-11,15-16H2,1H3,(H,25,28)(H,26,27). The van der Waals surface area contributed by atoms with E-state index in [2.05, 4.69) is 10.6 Å². The molecule has 0 spiro atoms. The van der Waals surface area contributed by atoms with Crippen LogP contribution in [0.25, 0.3) is 0 Å². The SMILES string of the molecule is CCOc1ccccc1C(=O)NCCCC(=O)Nc1cccc(OC2CCCC2)c1. The lowest BCUT2D eigenvalue weighted by molar-refractivity contribution is -0.116. The second-order valence-electron chi connectivity index (χ2n) is 7.39. The first kappa shape index (κ1) is 21.7. The Morgan fingerprint density at radius 3 is 2.67 bits per heavy atom. The number of benzene rings is 2. The summed E-state index contributed by atoms with van der Waals surface area (Å²) in [5.74, 6) is 1.07. The Kier molecular flexibility index (Phi) is 8.12. The molecule has 160 valence electrons. The van der Waals surface area contributed by atoms with E-state index in [1.165, 1.54) is 12.8 Å². The fourth-order valence-electron chi connectivity index (χ4n) is 3.55. The monoisotopic (exact) mass is 410 g/mol. The summed E-state index contributed by atoms with van der Waals surface area (Å²) < 4.78 is 11.5. The zero-order valence-corrected chi connectivity index (χ0v) is 17.5. The molecule has 0 aliphatic heterocycles. The smallest absolute Gasteiger partial charge is 0.255 e. The Morgan fingerprint density at radius 1 is 1.07 bits per heavy atom. The lowest BCUT2D eigenvalue weighted by Gasteiger charge is -2.14. The van der Waals surface area contributed by atoms with Gasteiger partial charge < -0.3 is 20.1 Å². The molecule has 0 heterocycles. The maximum Gasteiger partial charge on any atom is 0.255 e. The Morgan fingerprint density at radius 2 is 1.87 bits per heavy atom. The second-order valence-corrected chi connectivity index (χ2v) is 7.39. The molecule has 2 amide bonds. The highest BCUT2D eigenvalue weighted by Gasteiger charge is 2.16. The van der Waals surface area contributed by atoms with Gasteiger partial charge in [0.1, 0.15) is 11.5 Å². The second kappa shape index (κ2) is 11.2. The van der Waals surface area contributed by atoms with Gasteiger partial charge in [-0.15, -0.1) is 0 Å². The molecule has 0 atom stereocenters. The molecule has 2 aromatic rings. The van der Waals surface area contributed by atoms with Crippen LogP contribution in [-0.2, 0) is 4.79 Å². The minimum absolute atomic E-state index is 0.0861. The van der Waals surface area contributed by atoms with Crippen molar-refractivity contribution in [2.75, 3.05) is 18.5 Å². The first-order valence-electron chi connectivity index (χ1n) is 10.7. The Labute approximate surface area is 178 Å². The molecule has 6 nitrogen and oxygen atoms in total. The minimum atomic E-state index is -0.198. The van der Waals surface area contributed by atoms with Gasteiger partial charge in [0.2, 0.25) is 5.91 Å². The lowest BCUT2D eigenvalue weighted by atomic mass is 10.2. The summed E-state index contributed by atoms with van der Waals surface area (Å²) in [5, 5.41) is 5.75. The number of hydrogen-bond acceptors (Lipinski definition) is 4. The van der Waals surface area contributed by atoms with Crippen LogP contribution >= 0.6 is 0 Å². The van der Waals surface area contributed by atoms with Crippen molar-refractivity contribution in [2.45, 2.75) is 51.6 Å². The fourth-order valence-corrected chi connectivity index (χ4v) is 3.55. The highest BCUT2D eigenvalue weighted by atomic mass is 16.5. The van der Waals surface area contributed by atoms with Crippen LogP contribution in [0.4, 0.5) is 5.69 Å². The molecule has 1 saturated carbocycles. The van der Waals surface area contributed by atoms with Gasteiger partial charge in [-0.25, -0.2) is 0 Å². The molecule has 0 bridgehead atoms. The van der Waals surface area contributed by atoms with Gasteiger partial charge in [-0.2, -0.15) is 0 Å². The van der Waals surface area contributed by atoms with Gasteiger partial charge in [-0.05, 0) is 63.3 Å². The van der Waals surface area contributed by atoms with Crippen molar-refractivity contribution in [3.8, 4) is 11.5 Å². The van der Waals surface area contributed by atoms with Gasteiger partial charge in [0.25, 0.3) is 5.91 Å². The topological polar surface area (TPSA) is 76.7 Å². The molecule has 0 radical (unpaired) electrons. The van der Waals surface area contributed by atoms with Crippen LogP contribution in [0.5, 0.6) is 11.5 Å². The average Bonchev–Trinajstić information content (AvgIpc) is 3.25. The summed E-state index contributed by atoms with van der Waals surface area (Å²) in [6, 6.07) is 14.7. The molecular formula is C24H30N2O4. The largest absolute Gasteiger partial charge is 0.493 e. The Hall–Kier alpha value is -3.02. The molecule has 0 aromatic heterocycles. The molecule has 6 heteroatoms. The summed E-state index contributed by atoms with van der Waals surface area (Å²) in [6.45, 7) is 2.79. The highest BCUT2D eigenvalue weighted by Crippen LogP contribution is 2.25. The van der Waals surface area contributed by atoms with E-state index in [-0.39, 0.29) is 17.9 Å². The van der Waals surface area contributed by atoms with Crippen molar-refractivity contribution in [2.24, 2.45) is 0 Å². The van der Waals surface area contributed by atoms with E-state index in [1.54, 1.807) is 18.2 Å². The van der Waals surface area contributed by atoms with Crippen molar-refractivity contribution in [3.63, 3.8) is 0 Å². The summed E-state index contributed by atoms with van der Waals surface area (Å²) >= 11 is 0. The first-order chi connectivity index (χ1) is 14.7. The molecule has 30 heavy (non-hydrogen) atoms. The van der Waals surface area contributed by atoms with Gasteiger partial charge in [0.05, 0.1) is 18.3 Å². The van der Waals surface area contributed by atoms with E-state index >= 15 is 0 Å². The van der Waals surface area contributed by atoms with Gasteiger partial charge in [0, 0.05) is 24.7 Å². The minimum Gasteiger partial charge on any atom is -0.493 e. The maximum absolute atomic E-state index is 12.3. The quantitative estimate of drug-likeness (QED) is 0.563. The van der Waals surface area contributed by atoms with Crippen LogP contribution in [0.1, 0.15) is 55.8 Å². The third-order valence-corrected chi connectivity index (χ3v) is 5.02. The van der Waals surface area contributed by atoms with Crippen LogP contribution in [0.2, 0.25) is 0 Å². The van der Waals surface area contributed by atoms with E-state index in [9.17, 15) is 9.59 Å². The summed E-state index contributed by atoms with van der Waals surface area (Å²) in [5.41, 5.74) is 1.23. The predicted octanol–water partition coefficient (Wildman–Crippen LogP) is 4.56. The number of amides is 2. The third kappa shape index (κ3) is 6.51. The zero-order chi connectivity index (χ0) is 21.2. The molecule has 1 aliphatic rings. The van der Waals surface area contributed by atoms with Gasteiger partial charge in [0.15, 0.2) is 0 Å². The lowest BCUT2D eigenvalue weighted by Crippen LogP contribution is -2.26. The first-order valence-corrected chi connectivity index (χ1v) is 10.7. The molecule has 2 aromatic carbocycles. The number of anilines is 1. The van der Waals surface area contributed by atoms with Gasteiger partial charge in [-0.1, -0.05) is 18.2 Å². The summed E-state index contributed by atoms with van der Waals surface area (Å²) in [7, 11) is 0. The fraction of sp³-hybridized carbons (Fsp3) is 0.417. The average molecular weight is 411 g/mol. The molecule has 3 rings (SSSR count). The number of para-hydroxylation sites is 1. The molecule has 1 fully saturated rings. The normalized spacial score (nSPS) is 13.6. The van der Waals surface area contributed by atoms with Crippen LogP contribution < -0.4 is 20.1 Å². The van der Waals surface area contributed by atoms with Crippen molar-refractivity contribution in [1.82, 2.24) is 5.32 Å². The number of rotatable bonds is 10. The number of hydrogen-bond donors (Lipinski definition) is 2. The van der Waals surface area contributed by atoms with Crippen LogP contribution in [0, 0.1) is 0 Å². The molecule has 0 saturated heterocycles. The van der Waals surface area contributed by atoms with Gasteiger partial charge >= 0.3 is 0 Å². The molecule has 0 unspecified atom stereocenters. The number of carbonyl (C=O) groups excluding carboxylic acids is 2. The van der Waals surface area contributed by atoms with E-state index in [0.717, 1.165) is 24.3 Å². The maximum atomic E-state index is 12.3. The van der Waals surface area contributed by atoms with Crippen LogP contribution in [-0.4, -0.2) is 31.1 Å². The number of ether oxygens (including phenoxy) is 2. The van der Waals surface area contributed by atoms with E-state index in [4.69, 9.17) is 9.47 Å². The van der Waals surface area contributed by atoms with Crippen molar-refractivity contribution in [1.29, 1.82) is 0 Å². The van der Waals surface area contributed by atoms with E-state index in [1.807, 2.05) is 37.3 Å². The molecule has 2 N–H and O–H groups in total. The Balaban J connectivity index is 1.40. The number of carbonyl (C=O) groups is 2. The Bertz CT molecular complexity index is 847. The van der Waals surface area contributed by atoms with Crippen LogP contribution in [0.15, 0.2) is 48.5 Å². The van der Waals surface area contributed by atoms with Crippen molar-refractivity contribution >= 4 is 17.5 Å². The van der Waals surface area contributed by atoms with E-state index < -0.39 is 0 Å². The van der Waals surface area contributed by atoms with E-state index in [0.29, 0.717) is 37.3 Å².